The van der Waals surface area contributed by atoms with E-state index in [9.17, 15) is 0 Å². The van der Waals surface area contributed by atoms with Gasteiger partial charge in [-0.05, 0) is 56.1 Å². The lowest BCUT2D eigenvalue weighted by atomic mass is 9.84. The smallest absolute Gasteiger partial charge is 0.0363 e. The van der Waals surface area contributed by atoms with Crippen LogP contribution in [0.4, 0.5) is 5.69 Å². The number of nitrogens with zero attached hydrogens (tertiary/aromatic N) is 1. The number of hydrogen-bond donors (Lipinski definition) is 1. The van der Waals surface area contributed by atoms with E-state index in [4.69, 9.17) is 5.73 Å². The Kier molecular flexibility index (Phi) is 3.06. The molecule has 2 nitrogen and oxygen atoms in total. The summed E-state index contributed by atoms with van der Waals surface area (Å²) in [5.41, 5.74) is 9.03. The molecule has 2 saturated carbocycles. The highest BCUT2D eigenvalue weighted by Gasteiger charge is 2.45. The predicted molar refractivity (Wildman–Crippen MR) is 76.7 cm³/mol. The van der Waals surface area contributed by atoms with Crippen LogP contribution in [0.15, 0.2) is 24.3 Å². The van der Waals surface area contributed by atoms with Gasteiger partial charge in [0.1, 0.15) is 0 Å². The highest BCUT2D eigenvalue weighted by molar-refractivity contribution is 5.46. The molecular formula is C16H24N2. The van der Waals surface area contributed by atoms with Gasteiger partial charge in [-0.25, -0.2) is 0 Å². The average molecular weight is 244 g/mol. The maximum absolute atomic E-state index is 6.39. The van der Waals surface area contributed by atoms with Crippen LogP contribution in [0.2, 0.25) is 0 Å². The first-order valence-corrected chi connectivity index (χ1v) is 7.18. The van der Waals surface area contributed by atoms with Gasteiger partial charge in [-0.3, -0.25) is 0 Å². The molecule has 2 heteroatoms. The minimum absolute atomic E-state index is 0.441. The molecule has 4 atom stereocenters. The summed E-state index contributed by atoms with van der Waals surface area (Å²) in [4.78, 5) is 2.38. The average Bonchev–Trinajstić information content (AvgIpc) is 2.94. The van der Waals surface area contributed by atoms with Crippen molar-refractivity contribution in [3.05, 3.63) is 29.8 Å². The second kappa shape index (κ2) is 4.58. The van der Waals surface area contributed by atoms with E-state index in [-0.39, 0.29) is 0 Å². The number of aryl methyl sites for hydroxylation is 1. The fraction of sp³-hybridized carbons (Fsp3) is 0.625. The molecule has 0 amide bonds. The first-order valence-electron chi connectivity index (χ1n) is 7.18. The van der Waals surface area contributed by atoms with E-state index in [1.807, 2.05) is 0 Å². The van der Waals surface area contributed by atoms with Crippen molar-refractivity contribution in [3.63, 3.8) is 0 Å². The zero-order chi connectivity index (χ0) is 12.7. The van der Waals surface area contributed by atoms with Crippen molar-refractivity contribution >= 4 is 5.69 Å². The number of fused-ring (bicyclic) bond motifs is 2. The number of hydrogen-bond acceptors (Lipinski definition) is 2. The van der Waals surface area contributed by atoms with Gasteiger partial charge in [0.25, 0.3) is 0 Å². The van der Waals surface area contributed by atoms with Gasteiger partial charge in [0.05, 0.1) is 0 Å². The Morgan fingerprint density at radius 3 is 2.44 bits per heavy atom. The van der Waals surface area contributed by atoms with Crippen LogP contribution < -0.4 is 10.6 Å². The Labute approximate surface area is 110 Å². The summed E-state index contributed by atoms with van der Waals surface area (Å²) in [6.45, 7) is 3.25. The lowest BCUT2D eigenvalue weighted by Gasteiger charge is -2.32. The fourth-order valence-corrected chi connectivity index (χ4v) is 3.95. The van der Waals surface area contributed by atoms with Gasteiger partial charge in [0, 0.05) is 25.3 Å². The molecule has 2 fully saturated rings. The molecule has 0 heterocycles. The number of rotatable bonds is 3. The molecule has 0 aliphatic heterocycles. The van der Waals surface area contributed by atoms with Crippen LogP contribution in [0.5, 0.6) is 0 Å². The normalized spacial score (nSPS) is 33.9. The Morgan fingerprint density at radius 1 is 1.17 bits per heavy atom. The van der Waals surface area contributed by atoms with Crippen molar-refractivity contribution in [2.45, 2.75) is 32.2 Å². The lowest BCUT2D eigenvalue weighted by Crippen LogP contribution is -2.41. The SMILES string of the molecule is Cc1ccc(N(C)CC2C3CCC(C3)C2N)cc1. The zero-order valence-corrected chi connectivity index (χ0v) is 11.5. The molecule has 0 spiro atoms. The highest BCUT2D eigenvalue weighted by atomic mass is 15.1. The number of anilines is 1. The zero-order valence-electron chi connectivity index (χ0n) is 11.5. The molecule has 0 aromatic heterocycles. The van der Waals surface area contributed by atoms with Crippen LogP contribution in [0.25, 0.3) is 0 Å². The van der Waals surface area contributed by atoms with E-state index in [1.165, 1.54) is 30.5 Å². The summed E-state index contributed by atoms with van der Waals surface area (Å²) >= 11 is 0. The van der Waals surface area contributed by atoms with Crippen molar-refractivity contribution in [2.24, 2.45) is 23.5 Å². The van der Waals surface area contributed by atoms with Gasteiger partial charge in [-0.15, -0.1) is 0 Å². The largest absolute Gasteiger partial charge is 0.374 e. The van der Waals surface area contributed by atoms with Crippen LogP contribution >= 0.6 is 0 Å². The molecule has 2 aliphatic carbocycles. The van der Waals surface area contributed by atoms with E-state index in [1.54, 1.807) is 0 Å². The van der Waals surface area contributed by atoms with Gasteiger partial charge in [0.2, 0.25) is 0 Å². The molecule has 4 unspecified atom stereocenters. The third-order valence-electron chi connectivity index (χ3n) is 5.12. The monoisotopic (exact) mass is 244 g/mol. The van der Waals surface area contributed by atoms with Crippen LogP contribution in [0.3, 0.4) is 0 Å². The summed E-state index contributed by atoms with van der Waals surface area (Å²) in [6, 6.07) is 9.25. The van der Waals surface area contributed by atoms with E-state index >= 15 is 0 Å². The third kappa shape index (κ3) is 2.03. The molecule has 18 heavy (non-hydrogen) atoms. The minimum atomic E-state index is 0.441. The van der Waals surface area contributed by atoms with Gasteiger partial charge in [0.15, 0.2) is 0 Å². The molecule has 98 valence electrons. The maximum atomic E-state index is 6.39. The fourth-order valence-electron chi connectivity index (χ4n) is 3.95. The predicted octanol–water partition coefficient (Wildman–Crippen LogP) is 2.80. The quantitative estimate of drug-likeness (QED) is 0.886. The Bertz CT molecular complexity index is 410. The molecular weight excluding hydrogens is 220 g/mol. The van der Waals surface area contributed by atoms with Crippen LogP contribution in [-0.4, -0.2) is 19.6 Å². The first kappa shape index (κ1) is 12.0. The van der Waals surface area contributed by atoms with Crippen LogP contribution in [0, 0.1) is 24.7 Å². The molecule has 3 rings (SSSR count). The van der Waals surface area contributed by atoms with Gasteiger partial charge >= 0.3 is 0 Å². The molecule has 2 aliphatic rings. The van der Waals surface area contributed by atoms with E-state index < -0.39 is 0 Å². The minimum Gasteiger partial charge on any atom is -0.374 e. The molecule has 2 N–H and O–H groups in total. The van der Waals surface area contributed by atoms with Gasteiger partial charge in [-0.1, -0.05) is 17.7 Å². The molecule has 0 saturated heterocycles. The lowest BCUT2D eigenvalue weighted by molar-refractivity contribution is 0.293. The second-order valence-corrected chi connectivity index (χ2v) is 6.29. The van der Waals surface area contributed by atoms with E-state index in [0.29, 0.717) is 12.0 Å². The molecule has 1 aromatic carbocycles. The van der Waals surface area contributed by atoms with Gasteiger partial charge in [-0.2, -0.15) is 0 Å². The number of nitrogens with two attached hydrogens (primary N) is 1. The van der Waals surface area contributed by atoms with Crippen molar-refractivity contribution in [2.75, 3.05) is 18.5 Å². The summed E-state index contributed by atoms with van der Waals surface area (Å²) in [5, 5.41) is 0. The second-order valence-electron chi connectivity index (χ2n) is 6.29. The van der Waals surface area contributed by atoms with Crippen molar-refractivity contribution in [1.29, 1.82) is 0 Å². The summed E-state index contributed by atoms with van der Waals surface area (Å²) in [5.74, 6) is 2.40. The third-order valence-corrected chi connectivity index (χ3v) is 5.12. The van der Waals surface area contributed by atoms with Crippen molar-refractivity contribution < 1.29 is 0 Å². The Balaban J connectivity index is 1.67. The summed E-state index contributed by atoms with van der Waals surface area (Å²) in [7, 11) is 2.20. The molecule has 2 bridgehead atoms. The topological polar surface area (TPSA) is 29.3 Å². The van der Waals surface area contributed by atoms with Crippen LogP contribution in [0.1, 0.15) is 24.8 Å². The summed E-state index contributed by atoms with van der Waals surface area (Å²) in [6.07, 6.45) is 4.16. The van der Waals surface area contributed by atoms with Gasteiger partial charge < -0.3 is 10.6 Å². The molecule has 1 aromatic rings. The standard InChI is InChI=1S/C16H24N2/c1-11-3-7-14(8-4-11)18(2)10-15-12-5-6-13(9-12)16(15)17/h3-4,7-8,12-13,15-16H,5-6,9-10,17H2,1-2H3. The van der Waals surface area contributed by atoms with Crippen molar-refractivity contribution in [3.8, 4) is 0 Å². The Morgan fingerprint density at radius 2 is 1.83 bits per heavy atom. The first-order chi connectivity index (χ1) is 8.65. The summed E-state index contributed by atoms with van der Waals surface area (Å²) < 4.78 is 0. The Hall–Kier alpha value is -1.02. The number of benzene rings is 1. The maximum Gasteiger partial charge on any atom is 0.0363 e. The van der Waals surface area contributed by atoms with Crippen molar-refractivity contribution in [1.82, 2.24) is 0 Å². The van der Waals surface area contributed by atoms with E-state index in [2.05, 4.69) is 43.1 Å². The van der Waals surface area contributed by atoms with Crippen LogP contribution in [-0.2, 0) is 0 Å². The molecule has 0 radical (unpaired) electrons. The van der Waals surface area contributed by atoms with E-state index in [0.717, 1.165) is 18.4 Å². The highest BCUT2D eigenvalue weighted by Crippen LogP contribution is 2.47.